The normalized spacial score (nSPS) is 10.7. The lowest BCUT2D eigenvalue weighted by Gasteiger charge is -2.01. The van der Waals surface area contributed by atoms with Gasteiger partial charge in [-0.25, -0.2) is 67.7 Å². The van der Waals surface area contributed by atoms with E-state index in [2.05, 4.69) is 192 Å². The lowest BCUT2D eigenvalue weighted by atomic mass is 10.1. The number of furan rings is 5. The molecule has 0 aliphatic heterocycles. The highest BCUT2D eigenvalue weighted by molar-refractivity contribution is 5.86. The quantitative estimate of drug-likeness (QED) is 0.0171. The van der Waals surface area contributed by atoms with Crippen LogP contribution in [0.2, 0.25) is 0 Å². The summed E-state index contributed by atoms with van der Waals surface area (Å²) in [5.41, 5.74) is 60.4. The molecule has 0 saturated heterocycles. The number of hydrogen-bond acceptors (Lipinski definition) is 33. The molecule has 0 fully saturated rings. The summed E-state index contributed by atoms with van der Waals surface area (Å²) in [7, 11) is 0. The van der Waals surface area contributed by atoms with Crippen molar-refractivity contribution in [1.82, 2.24) is 175 Å². The van der Waals surface area contributed by atoms with Gasteiger partial charge >= 0.3 is 0 Å². The summed E-state index contributed by atoms with van der Waals surface area (Å²) < 4.78 is 38.2. The van der Waals surface area contributed by atoms with Crippen molar-refractivity contribution < 1.29 is 22.1 Å². The van der Waals surface area contributed by atoms with Crippen LogP contribution in [0.4, 0.5) is 41.6 Å². The number of allylic oxidation sites excluding steroid dienone is 2. The smallest absolute Gasteiger partial charge is 0.197 e. The molecule has 19 aromatic heterocycles. The maximum Gasteiger partial charge on any atom is 0.197 e. The molecule has 19 heterocycles. The number of imidazole rings is 7. The van der Waals surface area contributed by atoms with Gasteiger partial charge in [-0.15, -0.1) is 123 Å². The van der Waals surface area contributed by atoms with Gasteiger partial charge in [0.2, 0.25) is 0 Å². The van der Waals surface area contributed by atoms with Crippen LogP contribution in [-0.4, -0.2) is 175 Å². The Kier molecular flexibility index (Phi) is 48.7. The van der Waals surface area contributed by atoms with Crippen molar-refractivity contribution in [3.63, 3.8) is 0 Å². The Morgan fingerprint density at radius 1 is 0.268 bits per heavy atom. The Balaban J connectivity index is 0.000000210. The number of nitrogens with one attached hydrogen (secondary N) is 7. The van der Waals surface area contributed by atoms with Gasteiger partial charge in [0.25, 0.3) is 0 Å². The van der Waals surface area contributed by atoms with E-state index in [0.29, 0.717) is 87.2 Å². The van der Waals surface area contributed by atoms with Gasteiger partial charge in [-0.2, -0.15) is 0 Å². The van der Waals surface area contributed by atoms with Gasteiger partial charge in [0.1, 0.15) is 24.6 Å². The highest BCUT2D eigenvalue weighted by Gasteiger charge is 2.14. The zero-order valence-electron chi connectivity index (χ0n) is 81.2. The largest absolute Gasteiger partial charge is 0.472 e. The molecule has 0 radical (unpaired) electrons. The standard InChI is InChI=1S/C18H22N6.C17H20N6.2C13H16N6O.C12H14N6O.2C11H12N6O.7ClH/c1-14(10-15-6-3-2-4-7-15)12-24-13-17(22-23-24)9-5-8-16-11-20-18(19)21-16;1-13(9-14-5-3-2-4-6-14)11-23-12-16(21-22-23)8-7-15-10-19-17(18)20-15;14-13-15-7-10(16-13)3-1-4-11-8-19(18-17-11)9-12-5-2-6-20-12;14-13-15-6-11(16-13)2-1-3-12-8-19(18-17-12)7-10-4-5-20-9-10;13-12-14-5-10(15-12)1-2-11-7-18(17-16-11)6-9-3-4-19-8-9;12-11-13-4-9(14-11)3-10-6-17(16-15-10)5-8-1-2-18-7-8;12-11-13-5-8(14-11)4-9-6-17(16-15-9)7-10-2-1-3-18-10;;;;;;;/h2-4,6-7,10-11,13H,5,8-9,12H2,1H3,(H3,19,20,21);2-6,9-10,12H,7-8,11H2,1H3,(H3,18,19,20);2,5-8H,1,3-4,9H2,(H3,14,15,16);4-6,8-9H,1-3,7H2,(H3,14,15,16);3-5,7-8H,1-2,6H2,(H3,13,14,15);1-2,4,6-7H,3,5H2,(H3,12,13,14);1-3,5-6H,4,7H2,(H3,12,13,14);7*1H/b14-10+;13-9+;;;;;;;;;;;;. The van der Waals surface area contributed by atoms with Crippen LogP contribution in [0.3, 0.4) is 0 Å². The van der Waals surface area contributed by atoms with Crippen molar-refractivity contribution >= 4 is 141 Å². The molecule has 0 aliphatic carbocycles. The maximum absolute atomic E-state index is 5.57. The van der Waals surface area contributed by atoms with Crippen molar-refractivity contribution in [3.8, 4) is 0 Å². The third-order valence-corrected chi connectivity index (χ3v) is 21.1. The topological polar surface area (TPSA) is 664 Å². The van der Waals surface area contributed by atoms with E-state index in [-0.39, 0.29) is 86.8 Å². The monoisotopic (exact) mass is 2170 g/mol. The molecule has 0 amide bonds. The maximum atomic E-state index is 5.57. The fourth-order valence-electron chi connectivity index (χ4n) is 14.5. The average Bonchev–Trinajstić information content (AvgIpc) is 1.75. The summed E-state index contributed by atoms with van der Waals surface area (Å²) in [6, 6.07) is 33.8. The lowest BCUT2D eigenvalue weighted by molar-refractivity contribution is 0.475. The molecule has 149 heavy (non-hydrogen) atoms. The molecule has 2 aromatic carbocycles. The van der Waals surface area contributed by atoms with Gasteiger partial charge in [0, 0.05) is 113 Å². The number of nitrogen functional groups attached to an aromatic ring is 7. The van der Waals surface area contributed by atoms with Crippen LogP contribution < -0.4 is 40.1 Å². The third kappa shape index (κ3) is 40.7. The van der Waals surface area contributed by atoms with E-state index < -0.39 is 0 Å². The van der Waals surface area contributed by atoms with Crippen LogP contribution in [0, 0.1) is 0 Å². The van der Waals surface area contributed by atoms with Crippen LogP contribution in [-0.2, 0) is 123 Å². The summed E-state index contributed by atoms with van der Waals surface area (Å²) in [4.78, 5) is 48.7. The number of halogens is 7. The number of nitrogens with two attached hydrogens (primary N) is 7. The minimum absolute atomic E-state index is 0. The summed E-state index contributed by atoms with van der Waals surface area (Å²) in [5.74, 6) is 4.83. The highest BCUT2D eigenvalue weighted by Crippen LogP contribution is 2.18. The first-order valence-electron chi connectivity index (χ1n) is 45.7. The molecule has 0 bridgehead atoms. The van der Waals surface area contributed by atoms with Crippen molar-refractivity contribution in [2.75, 3.05) is 40.1 Å². The second-order valence-corrected chi connectivity index (χ2v) is 33.2. The fraction of sp³-hybridized carbons (Fsp3) is 0.253. The molecule has 0 spiro atoms. The molecular weight excluding hydrogens is 2060 g/mol. The Morgan fingerprint density at radius 2 is 0.523 bits per heavy atom. The first kappa shape index (κ1) is 118. The van der Waals surface area contributed by atoms with Crippen LogP contribution >= 0.6 is 86.8 Å². The summed E-state index contributed by atoms with van der Waals surface area (Å²) in [5, 5.41) is 57.9. The van der Waals surface area contributed by atoms with Crippen molar-refractivity contribution in [2.24, 2.45) is 0 Å². The fourth-order valence-corrected chi connectivity index (χ4v) is 14.5. The van der Waals surface area contributed by atoms with E-state index in [9.17, 15) is 0 Å². The predicted molar refractivity (Wildman–Crippen MR) is 578 cm³/mol. The van der Waals surface area contributed by atoms with Gasteiger partial charge in [-0.1, -0.05) is 120 Å². The zero-order valence-corrected chi connectivity index (χ0v) is 86.9. The van der Waals surface area contributed by atoms with Crippen LogP contribution in [0.15, 0.2) is 273 Å². The van der Waals surface area contributed by atoms with Gasteiger partial charge in [0.15, 0.2) is 41.6 Å². The van der Waals surface area contributed by atoms with E-state index in [1.54, 1.807) is 112 Å². The van der Waals surface area contributed by atoms with Crippen LogP contribution in [0.25, 0.3) is 12.2 Å². The van der Waals surface area contributed by atoms with Gasteiger partial charge in [-0.05, 0) is 151 Å². The predicted octanol–water partition coefficient (Wildman–Crippen LogP) is 13.7. The number of H-pyrrole nitrogens is 7. The SMILES string of the molecule is C/C(=C\c1ccccc1)Cn1cc(CCCc2cnc(N)[nH]2)nn1.C/C(=C\c1ccccc1)Cn1cc(CCc2cnc(N)[nH]2)nn1.Cl.Cl.Cl.Cl.Cl.Cl.Cl.Nc1ncc(CCCc2cn(Cc3ccco3)nn2)[nH]1.Nc1ncc(CCCc2cn(Cc3ccoc3)nn2)[nH]1.Nc1ncc(CCc2cn(Cc3ccoc3)nn2)[nH]1.Nc1ncc(Cc2cn(Cc3ccco3)nn2)[nH]1.Nc1ncc(Cc2cn(Cc3ccoc3)nn2)[nH]1. The van der Waals surface area contributed by atoms with E-state index in [1.807, 2.05) is 136 Å². The molecule has 21 N–H and O–H groups in total. The summed E-state index contributed by atoms with van der Waals surface area (Å²) >= 11 is 0. The van der Waals surface area contributed by atoms with Crippen molar-refractivity contribution in [3.05, 3.63) is 370 Å². The van der Waals surface area contributed by atoms with Crippen LogP contribution in [0.1, 0.15) is 152 Å². The third-order valence-electron chi connectivity index (χ3n) is 21.1. The molecule has 0 saturated carbocycles. The Morgan fingerprint density at radius 3 is 0.792 bits per heavy atom. The van der Waals surface area contributed by atoms with E-state index in [0.717, 1.165) is 204 Å². The number of hydrogen-bond donors (Lipinski definition) is 14. The highest BCUT2D eigenvalue weighted by atomic mass is 35.5. The molecular formula is C95H119Cl7N42O5. The van der Waals surface area contributed by atoms with Gasteiger partial charge in [0.05, 0.1) is 166 Å². The van der Waals surface area contributed by atoms with Crippen molar-refractivity contribution in [1.29, 1.82) is 0 Å². The lowest BCUT2D eigenvalue weighted by Crippen LogP contribution is -1.99. The number of rotatable bonds is 38. The first-order chi connectivity index (χ1) is 69.3. The molecule has 0 unspecified atom stereocenters. The van der Waals surface area contributed by atoms with E-state index in [1.165, 1.54) is 22.3 Å². The molecule has 788 valence electrons. The van der Waals surface area contributed by atoms with E-state index in [4.69, 9.17) is 62.2 Å². The number of aromatic amines is 7. The average molecular weight is 2180 g/mol. The molecule has 21 aromatic rings. The number of aryl methyl sites for hydroxylation is 10. The number of aromatic nitrogens is 35. The molecule has 54 heteroatoms. The van der Waals surface area contributed by atoms with Crippen molar-refractivity contribution in [2.45, 2.75) is 156 Å². The summed E-state index contributed by atoms with van der Waals surface area (Å²) in [6.45, 7) is 8.87. The summed E-state index contributed by atoms with van der Waals surface area (Å²) in [6.07, 6.45) is 56.3. The zero-order chi connectivity index (χ0) is 98.2. The second kappa shape index (κ2) is 61.6. The minimum atomic E-state index is 0. The van der Waals surface area contributed by atoms with Gasteiger partial charge in [-0.3, -0.25) is 0 Å². The molecule has 0 atom stereocenters. The molecule has 21 rings (SSSR count). The van der Waals surface area contributed by atoms with E-state index >= 15 is 0 Å². The number of benzene rings is 2. The Hall–Kier alpha value is -16.6. The van der Waals surface area contributed by atoms with Crippen LogP contribution in [0.5, 0.6) is 0 Å². The Bertz CT molecular complexity index is 6970. The first-order valence-corrected chi connectivity index (χ1v) is 45.7. The van der Waals surface area contributed by atoms with Gasteiger partial charge < -0.3 is 97.1 Å². The second-order valence-electron chi connectivity index (χ2n) is 33.2. The number of anilines is 7. The molecule has 0 aliphatic rings. The minimum Gasteiger partial charge on any atom is -0.472 e. The molecule has 47 nitrogen and oxygen atoms in total. The Labute approximate surface area is 897 Å². The number of nitrogens with zero attached hydrogens (tertiary/aromatic N) is 28.